The first-order chi connectivity index (χ1) is 16.7. The second kappa shape index (κ2) is 12.1. The predicted octanol–water partition coefficient (Wildman–Crippen LogP) is 4.77. The smallest absolute Gasteiger partial charge is 0.263 e. The summed E-state index contributed by atoms with van der Waals surface area (Å²) in [4.78, 5) is 17.6. The van der Waals surface area contributed by atoms with Crippen LogP contribution >= 0.6 is 23.1 Å². The summed E-state index contributed by atoms with van der Waals surface area (Å²) in [5.41, 5.74) is 1.80. The molecule has 2 N–H and O–H groups in total. The molecule has 3 aromatic rings. The molecule has 1 atom stereocenters. The molecule has 35 heavy (non-hydrogen) atoms. The van der Waals surface area contributed by atoms with Gasteiger partial charge in [-0.25, -0.2) is 13.4 Å². The molecule has 1 unspecified atom stereocenters. The maximum atomic E-state index is 12.9. The van der Waals surface area contributed by atoms with E-state index in [9.17, 15) is 18.5 Å². The zero-order chi connectivity index (χ0) is 25.4. The van der Waals surface area contributed by atoms with Gasteiger partial charge in [0.05, 0.1) is 15.7 Å². The number of nitrogens with zero attached hydrogens (tertiary/aromatic N) is 4. The van der Waals surface area contributed by atoms with Crippen molar-refractivity contribution in [2.75, 3.05) is 10.0 Å². The zero-order valence-corrected chi connectivity index (χ0v) is 22.1. The number of aryl methyl sites for hydroxylation is 2. The molecule has 9 nitrogen and oxygen atoms in total. The quantitative estimate of drug-likeness (QED) is 0.338. The fourth-order valence-corrected chi connectivity index (χ4v) is 5.89. The van der Waals surface area contributed by atoms with Crippen LogP contribution in [0.15, 0.2) is 46.3 Å². The molecule has 0 radical (unpaired) electrons. The third-order valence-electron chi connectivity index (χ3n) is 4.92. The number of nitrogens with one attached hydrogen (secondary N) is 2. The van der Waals surface area contributed by atoms with Gasteiger partial charge in [-0.3, -0.25) is 9.52 Å². The van der Waals surface area contributed by atoms with Crippen molar-refractivity contribution in [2.45, 2.75) is 61.6 Å². The maximum Gasteiger partial charge on any atom is 0.263 e. The van der Waals surface area contributed by atoms with Crippen LogP contribution in [0.5, 0.6) is 0 Å². The molecule has 3 rings (SSSR count). The van der Waals surface area contributed by atoms with Crippen molar-refractivity contribution in [3.63, 3.8) is 0 Å². The van der Waals surface area contributed by atoms with Gasteiger partial charge in [0.15, 0.2) is 0 Å². The van der Waals surface area contributed by atoms with Crippen molar-refractivity contribution in [1.29, 1.82) is 5.26 Å². The van der Waals surface area contributed by atoms with Crippen LogP contribution in [0.2, 0.25) is 0 Å². The number of nitriles is 1. The van der Waals surface area contributed by atoms with Crippen molar-refractivity contribution < 1.29 is 13.2 Å². The number of aromatic nitrogens is 3. The molecule has 0 fully saturated rings. The number of unbranched alkanes of at least 4 members (excludes halogenated alkanes) is 1. The summed E-state index contributed by atoms with van der Waals surface area (Å²) in [6, 6.07) is 11.6. The molecule has 0 aliphatic carbocycles. The summed E-state index contributed by atoms with van der Waals surface area (Å²) in [6.07, 6.45) is 3.39. The van der Waals surface area contributed by atoms with Gasteiger partial charge in [-0.05, 0) is 62.6 Å². The molecule has 0 saturated heterocycles. The second-order valence-electron chi connectivity index (χ2n) is 7.63. The standard InChI is InChI=1S/C23H26N6O3S3/c1-4-6-7-17-9-8-16(14-24)22(26-17)34-20(5-2)21(30)25-18-10-12-19(13-11-18)35(31,32)29-23-28-27-15(3)33-23/h8-13,20H,4-7H2,1-3H3,(H,25,30)(H,28,29). The number of thioether (sulfide) groups is 1. The van der Waals surface area contributed by atoms with Crippen LogP contribution in [0.3, 0.4) is 0 Å². The first-order valence-corrected chi connectivity index (χ1v) is 14.2. The third kappa shape index (κ3) is 7.24. The molecule has 2 heterocycles. The highest BCUT2D eigenvalue weighted by Crippen LogP contribution is 2.29. The van der Waals surface area contributed by atoms with E-state index in [4.69, 9.17) is 0 Å². The lowest BCUT2D eigenvalue weighted by Gasteiger charge is -2.16. The van der Waals surface area contributed by atoms with Crippen LogP contribution in [0.1, 0.15) is 49.4 Å². The maximum absolute atomic E-state index is 12.9. The number of rotatable bonds is 11. The number of carbonyl (C=O) groups excluding carboxylic acids is 1. The number of benzene rings is 1. The van der Waals surface area contributed by atoms with Gasteiger partial charge in [0.2, 0.25) is 11.0 Å². The van der Waals surface area contributed by atoms with Crippen molar-refractivity contribution in [3.05, 3.63) is 52.7 Å². The van der Waals surface area contributed by atoms with E-state index >= 15 is 0 Å². The van der Waals surface area contributed by atoms with Gasteiger partial charge in [-0.15, -0.1) is 10.2 Å². The van der Waals surface area contributed by atoms with E-state index in [1.54, 1.807) is 13.0 Å². The predicted molar refractivity (Wildman–Crippen MR) is 138 cm³/mol. The normalized spacial score (nSPS) is 12.1. The number of anilines is 2. The highest BCUT2D eigenvalue weighted by Gasteiger charge is 2.22. The van der Waals surface area contributed by atoms with Gasteiger partial charge in [-0.1, -0.05) is 43.4 Å². The van der Waals surface area contributed by atoms with Crippen LogP contribution in [0.25, 0.3) is 0 Å². The Labute approximate surface area is 213 Å². The lowest BCUT2D eigenvalue weighted by atomic mass is 10.2. The first-order valence-electron chi connectivity index (χ1n) is 11.1. The fourth-order valence-electron chi connectivity index (χ4n) is 3.06. The van der Waals surface area contributed by atoms with Gasteiger partial charge in [-0.2, -0.15) is 5.26 Å². The minimum Gasteiger partial charge on any atom is -0.325 e. The topological polar surface area (TPSA) is 138 Å². The van der Waals surface area contributed by atoms with Gasteiger partial charge in [0.1, 0.15) is 16.1 Å². The number of hydrogen-bond donors (Lipinski definition) is 2. The van der Waals surface area contributed by atoms with Crippen molar-refractivity contribution >= 4 is 49.8 Å². The number of sulfonamides is 1. The van der Waals surface area contributed by atoms with E-state index < -0.39 is 15.3 Å². The molecular formula is C23H26N6O3S3. The van der Waals surface area contributed by atoms with Crippen LogP contribution in [-0.4, -0.2) is 34.8 Å². The second-order valence-corrected chi connectivity index (χ2v) is 11.7. The molecule has 0 aliphatic heterocycles. The van der Waals surface area contributed by atoms with Crippen LogP contribution in [0.4, 0.5) is 10.8 Å². The summed E-state index contributed by atoms with van der Waals surface area (Å²) >= 11 is 2.40. The summed E-state index contributed by atoms with van der Waals surface area (Å²) in [5.74, 6) is -0.250. The number of hydrogen-bond acceptors (Lipinski definition) is 9. The average molecular weight is 531 g/mol. The van der Waals surface area contributed by atoms with Crippen LogP contribution in [0, 0.1) is 18.3 Å². The monoisotopic (exact) mass is 530 g/mol. The van der Waals surface area contributed by atoms with E-state index in [0.29, 0.717) is 27.7 Å². The average Bonchev–Trinajstić information content (AvgIpc) is 3.25. The molecule has 184 valence electrons. The zero-order valence-electron chi connectivity index (χ0n) is 19.6. The summed E-state index contributed by atoms with van der Waals surface area (Å²) in [5, 5.41) is 20.8. The lowest BCUT2D eigenvalue weighted by Crippen LogP contribution is -2.25. The van der Waals surface area contributed by atoms with Crippen molar-refractivity contribution in [3.8, 4) is 6.07 Å². The van der Waals surface area contributed by atoms with E-state index in [1.807, 2.05) is 13.0 Å². The molecule has 2 aromatic heterocycles. The molecular weight excluding hydrogens is 504 g/mol. The van der Waals surface area contributed by atoms with Crippen molar-refractivity contribution in [2.24, 2.45) is 0 Å². The Kier molecular flexibility index (Phi) is 9.20. The minimum absolute atomic E-state index is 0.0384. The van der Waals surface area contributed by atoms with Gasteiger partial charge < -0.3 is 5.32 Å². The van der Waals surface area contributed by atoms with Gasteiger partial charge >= 0.3 is 0 Å². The van der Waals surface area contributed by atoms with Gasteiger partial charge in [0, 0.05) is 11.4 Å². The number of amides is 1. The third-order valence-corrected chi connectivity index (χ3v) is 8.53. The highest BCUT2D eigenvalue weighted by atomic mass is 32.2. The largest absolute Gasteiger partial charge is 0.325 e. The first kappa shape index (κ1) is 26.6. The molecule has 12 heteroatoms. The van der Waals surface area contributed by atoms with E-state index in [0.717, 1.165) is 36.3 Å². The molecule has 1 aromatic carbocycles. The Hall–Kier alpha value is -3.01. The van der Waals surface area contributed by atoms with Crippen LogP contribution < -0.4 is 10.0 Å². The highest BCUT2D eigenvalue weighted by molar-refractivity contribution is 8.00. The Morgan fingerprint density at radius 2 is 1.91 bits per heavy atom. The van der Waals surface area contributed by atoms with E-state index in [-0.39, 0.29) is 15.9 Å². The Morgan fingerprint density at radius 1 is 1.17 bits per heavy atom. The van der Waals surface area contributed by atoms with Crippen LogP contribution in [-0.2, 0) is 21.2 Å². The summed E-state index contributed by atoms with van der Waals surface area (Å²) in [6.45, 7) is 5.73. The number of pyridine rings is 1. The van der Waals surface area contributed by atoms with Gasteiger partial charge in [0.25, 0.3) is 10.0 Å². The summed E-state index contributed by atoms with van der Waals surface area (Å²) in [7, 11) is -3.82. The SMILES string of the molecule is CCCCc1ccc(C#N)c(SC(CC)C(=O)Nc2ccc(S(=O)(=O)Nc3nnc(C)s3)cc2)n1. The fraction of sp³-hybridized carbons (Fsp3) is 0.348. The Bertz CT molecular complexity index is 1320. The number of carbonyl (C=O) groups is 1. The van der Waals surface area contributed by atoms with E-state index in [2.05, 4.69) is 38.2 Å². The molecule has 0 saturated carbocycles. The molecule has 0 bridgehead atoms. The van der Waals surface area contributed by atoms with E-state index in [1.165, 1.54) is 36.0 Å². The molecule has 1 amide bonds. The van der Waals surface area contributed by atoms with Crippen molar-refractivity contribution in [1.82, 2.24) is 15.2 Å². The summed E-state index contributed by atoms with van der Waals surface area (Å²) < 4.78 is 27.5. The molecule has 0 spiro atoms. The minimum atomic E-state index is -3.82. The lowest BCUT2D eigenvalue weighted by molar-refractivity contribution is -0.115. The molecule has 0 aliphatic rings. The Morgan fingerprint density at radius 3 is 2.51 bits per heavy atom. The Balaban J connectivity index is 1.69.